The average molecular weight is 401 g/mol. The number of hydrogen-bond acceptors (Lipinski definition) is 5. The molecule has 27 heavy (non-hydrogen) atoms. The van der Waals surface area contributed by atoms with Crippen molar-refractivity contribution in [3.05, 3.63) is 63.1 Å². The highest BCUT2D eigenvalue weighted by molar-refractivity contribution is 7.16. The molecule has 1 amide bonds. The van der Waals surface area contributed by atoms with Crippen molar-refractivity contribution in [2.24, 2.45) is 5.92 Å². The molecule has 0 spiro atoms. The highest BCUT2D eigenvalue weighted by Crippen LogP contribution is 2.41. The van der Waals surface area contributed by atoms with Crippen molar-refractivity contribution in [3.63, 3.8) is 0 Å². The van der Waals surface area contributed by atoms with Crippen LogP contribution < -0.4 is 5.32 Å². The maximum Gasteiger partial charge on any atom is 0.291 e. The molecular formula is C21H24N2O2S2. The summed E-state index contributed by atoms with van der Waals surface area (Å²) in [5, 5.41) is 6.14. The van der Waals surface area contributed by atoms with E-state index in [2.05, 4.69) is 47.6 Å². The molecule has 0 saturated carbocycles. The zero-order valence-corrected chi connectivity index (χ0v) is 17.2. The van der Waals surface area contributed by atoms with Crippen LogP contribution in [0.2, 0.25) is 0 Å². The minimum Gasteiger partial charge on any atom is -0.459 e. The summed E-state index contributed by atoms with van der Waals surface area (Å²) in [6, 6.07) is 10.2. The molecule has 3 aromatic rings. The smallest absolute Gasteiger partial charge is 0.291 e. The van der Waals surface area contributed by atoms with E-state index in [1.54, 1.807) is 34.8 Å². The van der Waals surface area contributed by atoms with Crippen LogP contribution >= 0.6 is 22.7 Å². The Morgan fingerprint density at radius 2 is 2.11 bits per heavy atom. The summed E-state index contributed by atoms with van der Waals surface area (Å²) in [6.07, 6.45) is 3.97. The Bertz CT molecular complexity index is 876. The van der Waals surface area contributed by atoms with Crippen molar-refractivity contribution in [2.45, 2.75) is 32.7 Å². The molecule has 0 bridgehead atoms. The monoisotopic (exact) mass is 400 g/mol. The van der Waals surface area contributed by atoms with Gasteiger partial charge in [-0.2, -0.15) is 0 Å². The van der Waals surface area contributed by atoms with Gasteiger partial charge in [0.1, 0.15) is 5.00 Å². The zero-order valence-electron chi connectivity index (χ0n) is 15.6. The van der Waals surface area contributed by atoms with E-state index in [4.69, 9.17) is 4.42 Å². The lowest BCUT2D eigenvalue weighted by atomic mass is 9.95. The first-order valence-electron chi connectivity index (χ1n) is 9.34. The Morgan fingerprint density at radius 3 is 2.78 bits per heavy atom. The Balaban J connectivity index is 1.67. The summed E-state index contributed by atoms with van der Waals surface area (Å²) < 4.78 is 5.26. The van der Waals surface area contributed by atoms with Gasteiger partial charge in [0.15, 0.2) is 5.76 Å². The van der Waals surface area contributed by atoms with Crippen molar-refractivity contribution < 1.29 is 9.21 Å². The Hall–Kier alpha value is -1.89. The van der Waals surface area contributed by atoms with Gasteiger partial charge in [-0.1, -0.05) is 13.0 Å². The van der Waals surface area contributed by atoms with Gasteiger partial charge in [0, 0.05) is 15.3 Å². The van der Waals surface area contributed by atoms with Gasteiger partial charge in [0.05, 0.1) is 12.3 Å². The summed E-state index contributed by atoms with van der Waals surface area (Å²) in [7, 11) is 0. The Morgan fingerprint density at radius 1 is 1.30 bits per heavy atom. The second kappa shape index (κ2) is 8.00. The maximum absolute atomic E-state index is 12.6. The number of nitrogens with one attached hydrogen (secondary N) is 1. The van der Waals surface area contributed by atoms with Crippen LogP contribution in [0.1, 0.15) is 51.7 Å². The first-order chi connectivity index (χ1) is 13.1. The fourth-order valence-electron chi connectivity index (χ4n) is 3.67. The van der Waals surface area contributed by atoms with Crippen LogP contribution in [0.5, 0.6) is 0 Å². The highest BCUT2D eigenvalue weighted by Gasteiger charge is 2.30. The standard InChI is InChI=1S/C21H24N2O2S2/c1-14-7-9-23(10-8-14)19(18-6-4-12-26-18)16-13-15(2)27-21(16)22-20(24)17-5-3-11-25-17/h3-6,11-14,19H,7-10H2,1-2H3,(H,22,24)/t19-/m0/s1. The lowest BCUT2D eigenvalue weighted by Crippen LogP contribution is -2.36. The SMILES string of the molecule is Cc1cc([C@@H](c2cccs2)N2CCC(C)CC2)c(NC(=O)c2ccco2)s1. The quantitative estimate of drug-likeness (QED) is 0.590. The average Bonchev–Trinajstić information content (AvgIpc) is 3.40. The molecule has 4 heterocycles. The van der Waals surface area contributed by atoms with Crippen molar-refractivity contribution in [3.8, 4) is 0 Å². The van der Waals surface area contributed by atoms with Crippen LogP contribution in [0.15, 0.2) is 46.4 Å². The lowest BCUT2D eigenvalue weighted by molar-refractivity contribution is 0.0996. The first kappa shape index (κ1) is 18.5. The number of rotatable bonds is 5. The normalized spacial score (nSPS) is 17.1. The van der Waals surface area contributed by atoms with Crippen LogP contribution in [-0.2, 0) is 0 Å². The third-order valence-corrected chi connectivity index (χ3v) is 7.05. The van der Waals surface area contributed by atoms with Crippen molar-refractivity contribution in [2.75, 3.05) is 18.4 Å². The van der Waals surface area contributed by atoms with Crippen LogP contribution in [-0.4, -0.2) is 23.9 Å². The Labute approximate surface area is 167 Å². The minimum absolute atomic E-state index is 0.189. The van der Waals surface area contributed by atoms with E-state index >= 15 is 0 Å². The predicted molar refractivity (Wildman–Crippen MR) is 112 cm³/mol. The van der Waals surface area contributed by atoms with E-state index in [1.165, 1.54) is 34.4 Å². The number of anilines is 1. The summed E-state index contributed by atoms with van der Waals surface area (Å²) >= 11 is 3.42. The van der Waals surface area contributed by atoms with Crippen molar-refractivity contribution in [1.29, 1.82) is 0 Å². The van der Waals surface area contributed by atoms with Gasteiger partial charge in [-0.25, -0.2) is 0 Å². The summed E-state index contributed by atoms with van der Waals surface area (Å²) in [4.78, 5) is 17.7. The van der Waals surface area contributed by atoms with Crippen LogP contribution in [0.3, 0.4) is 0 Å². The number of amides is 1. The van der Waals surface area contributed by atoms with Gasteiger partial charge in [-0.05, 0) is 68.4 Å². The zero-order chi connectivity index (χ0) is 18.8. The van der Waals surface area contributed by atoms with Crippen LogP contribution in [0.25, 0.3) is 0 Å². The van der Waals surface area contributed by atoms with Gasteiger partial charge in [-0.3, -0.25) is 9.69 Å². The molecule has 1 saturated heterocycles. The van der Waals surface area contributed by atoms with Crippen molar-refractivity contribution in [1.82, 2.24) is 4.90 Å². The third-order valence-electron chi connectivity index (χ3n) is 5.15. The van der Waals surface area contributed by atoms with E-state index < -0.39 is 0 Å². The molecule has 1 fully saturated rings. The molecule has 1 N–H and O–H groups in total. The topological polar surface area (TPSA) is 45.5 Å². The number of nitrogens with zero attached hydrogens (tertiary/aromatic N) is 1. The molecular weight excluding hydrogens is 376 g/mol. The third kappa shape index (κ3) is 4.03. The van der Waals surface area contributed by atoms with E-state index in [0.717, 1.165) is 24.0 Å². The largest absolute Gasteiger partial charge is 0.459 e. The van der Waals surface area contributed by atoms with Gasteiger partial charge in [0.2, 0.25) is 0 Å². The Kier molecular flexibility index (Phi) is 5.48. The molecule has 142 valence electrons. The van der Waals surface area contributed by atoms with Gasteiger partial charge in [-0.15, -0.1) is 22.7 Å². The first-order valence-corrected chi connectivity index (χ1v) is 11.0. The summed E-state index contributed by atoms with van der Waals surface area (Å²) in [5.41, 5.74) is 1.19. The molecule has 0 aromatic carbocycles. The fourth-order valence-corrected chi connectivity index (χ4v) is 5.49. The minimum atomic E-state index is -0.194. The van der Waals surface area contributed by atoms with Crippen LogP contribution in [0, 0.1) is 12.8 Å². The molecule has 0 aliphatic carbocycles. The number of furan rings is 1. The summed E-state index contributed by atoms with van der Waals surface area (Å²) in [6.45, 7) is 6.61. The number of hydrogen-bond donors (Lipinski definition) is 1. The molecule has 0 unspecified atom stereocenters. The maximum atomic E-state index is 12.6. The molecule has 1 atom stereocenters. The lowest BCUT2D eigenvalue weighted by Gasteiger charge is -2.36. The molecule has 4 rings (SSSR count). The van der Waals surface area contributed by atoms with Gasteiger partial charge in [0.25, 0.3) is 5.91 Å². The van der Waals surface area contributed by atoms with Gasteiger partial charge < -0.3 is 9.73 Å². The van der Waals surface area contributed by atoms with E-state index in [0.29, 0.717) is 5.76 Å². The number of thiophene rings is 2. The number of aryl methyl sites for hydroxylation is 1. The molecule has 1 aliphatic rings. The number of carbonyl (C=O) groups is 1. The highest BCUT2D eigenvalue weighted by atomic mass is 32.1. The number of piperidine rings is 1. The van der Waals surface area contributed by atoms with Crippen molar-refractivity contribution >= 4 is 33.6 Å². The number of likely N-dealkylation sites (tertiary alicyclic amines) is 1. The number of carbonyl (C=O) groups excluding carboxylic acids is 1. The molecule has 0 radical (unpaired) electrons. The van der Waals surface area contributed by atoms with E-state index in [-0.39, 0.29) is 11.9 Å². The van der Waals surface area contributed by atoms with Crippen LogP contribution in [0.4, 0.5) is 5.00 Å². The molecule has 4 nitrogen and oxygen atoms in total. The molecule has 3 aromatic heterocycles. The van der Waals surface area contributed by atoms with E-state index in [9.17, 15) is 4.79 Å². The molecule has 6 heteroatoms. The fraction of sp³-hybridized carbons (Fsp3) is 0.381. The second-order valence-corrected chi connectivity index (χ2v) is 9.44. The second-order valence-electron chi connectivity index (χ2n) is 7.21. The summed E-state index contributed by atoms with van der Waals surface area (Å²) in [5.74, 6) is 0.930. The van der Waals surface area contributed by atoms with E-state index in [1.807, 2.05) is 0 Å². The van der Waals surface area contributed by atoms with Gasteiger partial charge >= 0.3 is 0 Å². The predicted octanol–water partition coefficient (Wildman–Crippen LogP) is 5.78. The molecule has 1 aliphatic heterocycles.